The van der Waals surface area contributed by atoms with Crippen LogP contribution in [0.2, 0.25) is 0 Å². The zero-order chi connectivity index (χ0) is 22.4. The van der Waals surface area contributed by atoms with E-state index in [9.17, 15) is 9.59 Å². The summed E-state index contributed by atoms with van der Waals surface area (Å²) in [6, 6.07) is 10.8. The third-order valence-electron chi connectivity index (χ3n) is 5.32. The van der Waals surface area contributed by atoms with Crippen LogP contribution in [0, 0.1) is 6.92 Å². The summed E-state index contributed by atoms with van der Waals surface area (Å²) in [6.07, 6.45) is 4.10. The standard InChI is InChI=1S/C23H27N5O2S/c1-5-23(3,4)26-22(30)19(16-10-8-15(2)9-11-16)20(17-7-6-12-24-13-17)25-21(29)18-14-31-28-27-18/h6-14,19-20H,5H2,1-4H3,(H,25,29)(H,26,30). The van der Waals surface area contributed by atoms with Crippen LogP contribution in [0.3, 0.4) is 0 Å². The van der Waals surface area contributed by atoms with E-state index in [2.05, 4.69) is 25.2 Å². The molecule has 0 saturated carbocycles. The maximum atomic E-state index is 13.6. The molecule has 0 saturated heterocycles. The second kappa shape index (κ2) is 9.78. The molecule has 0 aliphatic carbocycles. The molecule has 7 nitrogen and oxygen atoms in total. The van der Waals surface area contributed by atoms with Crippen LogP contribution in [0.25, 0.3) is 0 Å². The molecule has 3 aromatic rings. The van der Waals surface area contributed by atoms with Crippen LogP contribution in [-0.2, 0) is 4.79 Å². The lowest BCUT2D eigenvalue weighted by Crippen LogP contribution is -2.48. The molecule has 3 rings (SSSR count). The number of benzene rings is 1. The van der Waals surface area contributed by atoms with Gasteiger partial charge in [-0.2, -0.15) is 0 Å². The average Bonchev–Trinajstić information content (AvgIpc) is 3.30. The predicted octanol–water partition coefficient (Wildman–Crippen LogP) is 3.80. The van der Waals surface area contributed by atoms with Crippen molar-refractivity contribution in [3.05, 3.63) is 76.6 Å². The number of rotatable bonds is 8. The molecular weight excluding hydrogens is 410 g/mol. The van der Waals surface area contributed by atoms with Gasteiger partial charge in [-0.1, -0.05) is 47.3 Å². The van der Waals surface area contributed by atoms with Crippen LogP contribution in [0.4, 0.5) is 0 Å². The molecule has 0 aliphatic heterocycles. The topological polar surface area (TPSA) is 96.9 Å². The SMILES string of the molecule is CCC(C)(C)NC(=O)C(c1ccc(C)cc1)C(NC(=O)c1csnn1)c1cccnc1. The minimum absolute atomic E-state index is 0.166. The summed E-state index contributed by atoms with van der Waals surface area (Å²) in [7, 11) is 0. The molecular formula is C23H27N5O2S. The Hall–Kier alpha value is -3.13. The van der Waals surface area contributed by atoms with Crippen molar-refractivity contribution in [2.24, 2.45) is 0 Å². The highest BCUT2D eigenvalue weighted by Crippen LogP contribution is 2.32. The molecule has 162 valence electrons. The van der Waals surface area contributed by atoms with E-state index in [1.54, 1.807) is 23.8 Å². The molecule has 0 bridgehead atoms. The second-order valence-electron chi connectivity index (χ2n) is 8.14. The number of nitrogens with one attached hydrogen (secondary N) is 2. The summed E-state index contributed by atoms with van der Waals surface area (Å²) >= 11 is 1.10. The van der Waals surface area contributed by atoms with Crippen LogP contribution < -0.4 is 10.6 Å². The smallest absolute Gasteiger partial charge is 0.273 e. The third-order valence-corrected chi connectivity index (χ3v) is 5.83. The zero-order valence-corrected chi connectivity index (χ0v) is 18.9. The van der Waals surface area contributed by atoms with Crippen molar-refractivity contribution in [2.75, 3.05) is 0 Å². The van der Waals surface area contributed by atoms with Gasteiger partial charge in [0, 0.05) is 23.3 Å². The van der Waals surface area contributed by atoms with Gasteiger partial charge in [-0.15, -0.1) is 5.10 Å². The molecule has 0 radical (unpaired) electrons. The van der Waals surface area contributed by atoms with Gasteiger partial charge in [-0.05, 0) is 55.9 Å². The largest absolute Gasteiger partial charge is 0.351 e. The van der Waals surface area contributed by atoms with E-state index in [1.807, 2.05) is 58.0 Å². The summed E-state index contributed by atoms with van der Waals surface area (Å²) in [5, 5.41) is 11.6. The fraction of sp³-hybridized carbons (Fsp3) is 0.348. The second-order valence-corrected chi connectivity index (χ2v) is 8.75. The van der Waals surface area contributed by atoms with Crippen molar-refractivity contribution < 1.29 is 9.59 Å². The monoisotopic (exact) mass is 437 g/mol. The Morgan fingerprint density at radius 2 is 1.87 bits per heavy atom. The Labute approximate surface area is 186 Å². The van der Waals surface area contributed by atoms with Crippen LogP contribution in [-0.4, -0.2) is 31.9 Å². The maximum absolute atomic E-state index is 13.6. The first-order valence-electron chi connectivity index (χ1n) is 10.2. The first-order valence-corrected chi connectivity index (χ1v) is 11.0. The Morgan fingerprint density at radius 3 is 2.45 bits per heavy atom. The van der Waals surface area contributed by atoms with Crippen LogP contribution in [0.15, 0.2) is 54.2 Å². The quantitative estimate of drug-likeness (QED) is 0.559. The van der Waals surface area contributed by atoms with Gasteiger partial charge in [-0.25, -0.2) is 0 Å². The lowest BCUT2D eigenvalue weighted by Gasteiger charge is -2.32. The molecule has 2 N–H and O–H groups in total. The van der Waals surface area contributed by atoms with Crippen molar-refractivity contribution >= 4 is 23.3 Å². The lowest BCUT2D eigenvalue weighted by molar-refractivity contribution is -0.124. The normalized spacial score (nSPS) is 13.3. The molecule has 1 aromatic carbocycles. The van der Waals surface area contributed by atoms with E-state index in [0.717, 1.165) is 34.6 Å². The molecule has 2 unspecified atom stereocenters. The molecule has 2 aromatic heterocycles. The number of amides is 2. The fourth-order valence-electron chi connectivity index (χ4n) is 3.17. The maximum Gasteiger partial charge on any atom is 0.273 e. The predicted molar refractivity (Wildman–Crippen MR) is 121 cm³/mol. The molecule has 2 amide bonds. The highest BCUT2D eigenvalue weighted by atomic mass is 32.1. The molecule has 2 heterocycles. The summed E-state index contributed by atoms with van der Waals surface area (Å²) < 4.78 is 3.77. The molecule has 8 heteroatoms. The summed E-state index contributed by atoms with van der Waals surface area (Å²) in [5.74, 6) is -1.21. The minimum Gasteiger partial charge on any atom is -0.351 e. The first-order chi connectivity index (χ1) is 14.8. The van der Waals surface area contributed by atoms with Crippen LogP contribution in [0.5, 0.6) is 0 Å². The number of hydrogen-bond donors (Lipinski definition) is 2. The van der Waals surface area contributed by atoms with Gasteiger partial charge in [0.2, 0.25) is 5.91 Å². The van der Waals surface area contributed by atoms with Crippen molar-refractivity contribution in [1.29, 1.82) is 0 Å². The Bertz CT molecular complexity index is 1000. The van der Waals surface area contributed by atoms with E-state index >= 15 is 0 Å². The molecule has 0 spiro atoms. The molecule has 0 fully saturated rings. The number of aromatic nitrogens is 3. The summed E-state index contributed by atoms with van der Waals surface area (Å²) in [4.78, 5) is 30.7. The van der Waals surface area contributed by atoms with Crippen LogP contribution >= 0.6 is 11.5 Å². The van der Waals surface area contributed by atoms with E-state index in [4.69, 9.17) is 0 Å². The van der Waals surface area contributed by atoms with Crippen molar-refractivity contribution in [3.8, 4) is 0 Å². The van der Waals surface area contributed by atoms with Gasteiger partial charge in [0.15, 0.2) is 5.69 Å². The van der Waals surface area contributed by atoms with E-state index in [0.29, 0.717) is 0 Å². The van der Waals surface area contributed by atoms with E-state index < -0.39 is 12.0 Å². The van der Waals surface area contributed by atoms with Gasteiger partial charge in [0.05, 0.1) is 12.0 Å². The van der Waals surface area contributed by atoms with Gasteiger partial charge >= 0.3 is 0 Å². The van der Waals surface area contributed by atoms with Gasteiger partial charge < -0.3 is 10.6 Å². The zero-order valence-electron chi connectivity index (χ0n) is 18.1. The summed E-state index contributed by atoms with van der Waals surface area (Å²) in [6.45, 7) is 7.98. The number of pyridine rings is 1. The highest BCUT2D eigenvalue weighted by Gasteiger charge is 2.35. The number of nitrogens with zero attached hydrogens (tertiary/aromatic N) is 3. The number of carbonyl (C=O) groups is 2. The molecule has 0 aliphatic rings. The van der Waals surface area contributed by atoms with Crippen molar-refractivity contribution in [2.45, 2.75) is 51.6 Å². The highest BCUT2D eigenvalue weighted by molar-refractivity contribution is 7.03. The third kappa shape index (κ3) is 5.73. The first kappa shape index (κ1) is 22.6. The molecule has 2 atom stereocenters. The minimum atomic E-state index is -0.661. The number of carbonyl (C=O) groups excluding carboxylic acids is 2. The van der Waals surface area contributed by atoms with Crippen molar-refractivity contribution in [3.63, 3.8) is 0 Å². The number of aryl methyl sites for hydroxylation is 1. The fourth-order valence-corrected chi connectivity index (χ4v) is 3.60. The average molecular weight is 438 g/mol. The Kier molecular flexibility index (Phi) is 7.12. The van der Waals surface area contributed by atoms with Gasteiger partial charge in [0.25, 0.3) is 5.91 Å². The van der Waals surface area contributed by atoms with Crippen LogP contribution in [0.1, 0.15) is 66.3 Å². The summed E-state index contributed by atoms with van der Waals surface area (Å²) in [5.41, 5.74) is 2.46. The van der Waals surface area contributed by atoms with Gasteiger partial charge in [-0.3, -0.25) is 14.6 Å². The van der Waals surface area contributed by atoms with E-state index in [1.165, 1.54) is 0 Å². The Morgan fingerprint density at radius 1 is 1.13 bits per heavy atom. The Balaban J connectivity index is 2.06. The van der Waals surface area contributed by atoms with Crippen molar-refractivity contribution in [1.82, 2.24) is 25.2 Å². The number of hydrogen-bond acceptors (Lipinski definition) is 6. The lowest BCUT2D eigenvalue weighted by atomic mass is 9.85. The van der Waals surface area contributed by atoms with Gasteiger partial charge in [0.1, 0.15) is 0 Å². The molecule has 31 heavy (non-hydrogen) atoms. The van der Waals surface area contributed by atoms with E-state index in [-0.39, 0.29) is 23.0 Å².